The first-order valence-electron chi connectivity index (χ1n) is 8.92. The third kappa shape index (κ3) is 4.92. The number of halogens is 2. The molecular formula is C23H16BrFN4. The first-order chi connectivity index (χ1) is 14.2. The van der Waals surface area contributed by atoms with Crippen molar-refractivity contribution < 1.29 is 4.39 Å². The molecule has 4 rings (SSSR count). The van der Waals surface area contributed by atoms with Crippen LogP contribution in [0, 0.1) is 5.82 Å². The number of hydrazone groups is 1. The van der Waals surface area contributed by atoms with Crippen LogP contribution in [0.1, 0.15) is 5.56 Å². The molecule has 0 amide bonds. The van der Waals surface area contributed by atoms with Gasteiger partial charge in [0.05, 0.1) is 17.6 Å². The maximum atomic E-state index is 13.0. The molecule has 0 radical (unpaired) electrons. The maximum Gasteiger partial charge on any atom is 0.244 e. The molecule has 0 spiro atoms. The molecule has 0 saturated carbocycles. The molecule has 0 fully saturated rings. The third-order valence-corrected chi connectivity index (χ3v) is 4.71. The van der Waals surface area contributed by atoms with Gasteiger partial charge in [0.15, 0.2) is 0 Å². The number of aromatic nitrogens is 2. The fourth-order valence-corrected chi connectivity index (χ4v) is 3.00. The van der Waals surface area contributed by atoms with Gasteiger partial charge >= 0.3 is 0 Å². The summed E-state index contributed by atoms with van der Waals surface area (Å²) in [6, 6.07) is 25.9. The summed E-state index contributed by atoms with van der Waals surface area (Å²) >= 11 is 3.46. The fraction of sp³-hybridized carbons (Fsp3) is 0. The Labute approximate surface area is 176 Å². The number of nitrogens with zero attached hydrogens (tertiary/aromatic N) is 3. The van der Waals surface area contributed by atoms with E-state index in [1.165, 1.54) is 12.1 Å². The van der Waals surface area contributed by atoms with Gasteiger partial charge in [0.1, 0.15) is 5.82 Å². The highest BCUT2D eigenvalue weighted by molar-refractivity contribution is 9.10. The fourth-order valence-electron chi connectivity index (χ4n) is 2.74. The molecule has 0 aliphatic carbocycles. The van der Waals surface area contributed by atoms with E-state index in [9.17, 15) is 4.39 Å². The number of hydrogen-bond acceptors (Lipinski definition) is 4. The average Bonchev–Trinajstić information content (AvgIpc) is 2.76. The zero-order valence-electron chi connectivity index (χ0n) is 15.3. The van der Waals surface area contributed by atoms with Gasteiger partial charge in [-0.25, -0.2) is 19.8 Å². The Balaban J connectivity index is 1.67. The summed E-state index contributed by atoms with van der Waals surface area (Å²) < 4.78 is 14.0. The van der Waals surface area contributed by atoms with Crippen molar-refractivity contribution in [3.05, 3.63) is 101 Å². The Hall–Kier alpha value is -3.38. The predicted molar refractivity (Wildman–Crippen MR) is 118 cm³/mol. The van der Waals surface area contributed by atoms with Gasteiger partial charge in [0.25, 0.3) is 0 Å². The zero-order valence-corrected chi connectivity index (χ0v) is 16.8. The Morgan fingerprint density at radius 3 is 2.07 bits per heavy atom. The predicted octanol–water partition coefficient (Wildman–Crippen LogP) is 6.16. The molecule has 0 unspecified atom stereocenters. The van der Waals surface area contributed by atoms with Crippen molar-refractivity contribution in [1.82, 2.24) is 9.97 Å². The lowest BCUT2D eigenvalue weighted by Gasteiger charge is -2.08. The summed E-state index contributed by atoms with van der Waals surface area (Å²) in [5, 5.41) is 4.20. The van der Waals surface area contributed by atoms with Crippen LogP contribution >= 0.6 is 15.9 Å². The van der Waals surface area contributed by atoms with Gasteiger partial charge in [0, 0.05) is 15.6 Å². The van der Waals surface area contributed by atoms with E-state index in [2.05, 4.69) is 36.4 Å². The second-order valence-electron chi connectivity index (χ2n) is 6.26. The van der Waals surface area contributed by atoms with Gasteiger partial charge in [-0.3, -0.25) is 0 Å². The van der Waals surface area contributed by atoms with Crippen LogP contribution in [0.4, 0.5) is 10.3 Å². The largest absolute Gasteiger partial charge is 0.245 e. The summed E-state index contributed by atoms with van der Waals surface area (Å²) in [5.41, 5.74) is 7.18. The Morgan fingerprint density at radius 2 is 1.41 bits per heavy atom. The topological polar surface area (TPSA) is 50.2 Å². The van der Waals surface area contributed by atoms with Gasteiger partial charge in [-0.15, -0.1) is 0 Å². The standard InChI is InChI=1S/C23H16BrFN4/c24-19-10-8-18(9-11-19)22-14-21(17-4-2-1-3-5-17)27-23(28-22)29-26-15-16-6-12-20(25)13-7-16/h1-15H,(H,27,28,29)/b26-15+. The molecule has 0 aliphatic rings. The first-order valence-corrected chi connectivity index (χ1v) is 9.72. The van der Waals surface area contributed by atoms with Crippen molar-refractivity contribution in [2.24, 2.45) is 5.10 Å². The molecule has 1 aromatic heterocycles. The second-order valence-corrected chi connectivity index (χ2v) is 7.17. The van der Waals surface area contributed by atoms with Crippen LogP contribution < -0.4 is 5.43 Å². The Bertz CT molecular complexity index is 1130. The van der Waals surface area contributed by atoms with Crippen LogP contribution in [0.15, 0.2) is 94.5 Å². The molecule has 4 nitrogen and oxygen atoms in total. The van der Waals surface area contributed by atoms with Crippen molar-refractivity contribution in [3.63, 3.8) is 0 Å². The van der Waals surface area contributed by atoms with E-state index in [-0.39, 0.29) is 5.82 Å². The molecule has 0 atom stereocenters. The summed E-state index contributed by atoms with van der Waals surface area (Å²) in [4.78, 5) is 9.18. The quantitative estimate of drug-likeness (QED) is 0.295. The van der Waals surface area contributed by atoms with Crippen molar-refractivity contribution in [2.45, 2.75) is 0 Å². The van der Waals surface area contributed by atoms with Crippen LogP contribution in [0.25, 0.3) is 22.5 Å². The van der Waals surface area contributed by atoms with Gasteiger partial charge < -0.3 is 0 Å². The summed E-state index contributed by atoms with van der Waals surface area (Å²) in [7, 11) is 0. The van der Waals surface area contributed by atoms with Crippen molar-refractivity contribution >= 4 is 28.1 Å². The van der Waals surface area contributed by atoms with Crippen molar-refractivity contribution in [2.75, 3.05) is 5.43 Å². The van der Waals surface area contributed by atoms with E-state index in [0.29, 0.717) is 5.95 Å². The summed E-state index contributed by atoms with van der Waals surface area (Å²) in [5.74, 6) is 0.0933. The molecular weight excluding hydrogens is 431 g/mol. The number of hydrogen-bond donors (Lipinski definition) is 1. The summed E-state index contributed by atoms with van der Waals surface area (Å²) in [6.45, 7) is 0. The summed E-state index contributed by atoms with van der Waals surface area (Å²) in [6.07, 6.45) is 1.59. The molecule has 1 heterocycles. The molecule has 0 saturated heterocycles. The van der Waals surface area contributed by atoms with E-state index in [0.717, 1.165) is 32.6 Å². The van der Waals surface area contributed by atoms with Crippen LogP contribution in [0.5, 0.6) is 0 Å². The zero-order chi connectivity index (χ0) is 20.1. The van der Waals surface area contributed by atoms with E-state index >= 15 is 0 Å². The van der Waals surface area contributed by atoms with E-state index in [1.807, 2.05) is 60.7 Å². The Kier molecular flexibility index (Phi) is 5.72. The Morgan fingerprint density at radius 1 is 0.793 bits per heavy atom. The number of rotatable bonds is 5. The van der Waals surface area contributed by atoms with E-state index < -0.39 is 0 Å². The lowest BCUT2D eigenvalue weighted by molar-refractivity contribution is 0.628. The van der Waals surface area contributed by atoms with E-state index in [1.54, 1.807) is 18.3 Å². The maximum absolute atomic E-state index is 13.0. The van der Waals surface area contributed by atoms with Crippen LogP contribution in [0.2, 0.25) is 0 Å². The van der Waals surface area contributed by atoms with Crippen molar-refractivity contribution in [1.29, 1.82) is 0 Å². The smallest absolute Gasteiger partial charge is 0.244 e. The molecule has 0 aliphatic heterocycles. The first kappa shape index (κ1) is 19.0. The molecule has 0 bridgehead atoms. The number of anilines is 1. The normalized spacial score (nSPS) is 11.0. The highest BCUT2D eigenvalue weighted by Crippen LogP contribution is 2.26. The molecule has 6 heteroatoms. The molecule has 4 aromatic rings. The second kappa shape index (κ2) is 8.75. The lowest BCUT2D eigenvalue weighted by Crippen LogP contribution is -2.00. The number of benzene rings is 3. The third-order valence-electron chi connectivity index (χ3n) is 4.18. The minimum absolute atomic E-state index is 0.284. The van der Waals surface area contributed by atoms with Crippen LogP contribution in [0.3, 0.4) is 0 Å². The minimum Gasteiger partial charge on any atom is -0.245 e. The van der Waals surface area contributed by atoms with Gasteiger partial charge in [-0.05, 0) is 35.9 Å². The SMILES string of the molecule is Fc1ccc(/C=N/Nc2nc(-c3ccccc3)cc(-c3ccc(Br)cc3)n2)cc1. The van der Waals surface area contributed by atoms with Crippen LogP contribution in [-0.2, 0) is 0 Å². The van der Waals surface area contributed by atoms with Gasteiger partial charge in [-0.2, -0.15) is 5.10 Å². The minimum atomic E-state index is -0.284. The monoisotopic (exact) mass is 446 g/mol. The number of nitrogens with one attached hydrogen (secondary N) is 1. The molecule has 3 aromatic carbocycles. The van der Waals surface area contributed by atoms with Crippen molar-refractivity contribution in [3.8, 4) is 22.5 Å². The molecule has 1 N–H and O–H groups in total. The lowest BCUT2D eigenvalue weighted by atomic mass is 10.1. The van der Waals surface area contributed by atoms with Gasteiger partial charge in [0.2, 0.25) is 5.95 Å². The highest BCUT2D eigenvalue weighted by Gasteiger charge is 2.08. The van der Waals surface area contributed by atoms with Gasteiger partial charge in [-0.1, -0.05) is 70.5 Å². The molecule has 142 valence electrons. The van der Waals surface area contributed by atoms with Crippen LogP contribution in [-0.4, -0.2) is 16.2 Å². The van der Waals surface area contributed by atoms with E-state index in [4.69, 9.17) is 0 Å². The highest BCUT2D eigenvalue weighted by atomic mass is 79.9. The molecule has 29 heavy (non-hydrogen) atoms. The average molecular weight is 447 g/mol.